The molecule has 5 nitrogen and oxygen atoms in total. The average Bonchev–Trinajstić information content (AvgIpc) is 2.84. The minimum Gasteiger partial charge on any atom is -0.443 e. The van der Waals surface area contributed by atoms with Gasteiger partial charge >= 0.3 is 6.09 Å². The molecule has 1 aromatic carbocycles. The van der Waals surface area contributed by atoms with E-state index in [1.165, 1.54) is 10.9 Å². The Kier molecular flexibility index (Phi) is 4.05. The van der Waals surface area contributed by atoms with Crippen molar-refractivity contribution in [2.75, 3.05) is 0 Å². The number of hydrogen-bond acceptors (Lipinski definition) is 4. The van der Waals surface area contributed by atoms with E-state index < -0.39 is 11.7 Å². The van der Waals surface area contributed by atoms with Crippen molar-refractivity contribution in [2.24, 2.45) is 0 Å². The Morgan fingerprint density at radius 2 is 1.92 bits per heavy atom. The van der Waals surface area contributed by atoms with Gasteiger partial charge in [0, 0.05) is 11.5 Å². The van der Waals surface area contributed by atoms with Crippen LogP contribution in [-0.2, 0) is 4.74 Å². The molecule has 0 radical (unpaired) electrons. The van der Waals surface area contributed by atoms with E-state index in [9.17, 15) is 4.79 Å². The Bertz CT molecular complexity index is 926. The van der Waals surface area contributed by atoms with Gasteiger partial charge in [0.15, 0.2) is 0 Å². The first-order valence-corrected chi connectivity index (χ1v) is 7.96. The summed E-state index contributed by atoms with van der Waals surface area (Å²) < 4.78 is 7.10. The van der Waals surface area contributed by atoms with Crippen LogP contribution in [0.3, 0.4) is 0 Å². The van der Waals surface area contributed by atoms with Crippen molar-refractivity contribution in [3.63, 3.8) is 0 Å². The van der Waals surface area contributed by atoms with Crippen LogP contribution >= 0.6 is 11.6 Å². The molecule has 0 bridgehead atoms. The summed E-state index contributed by atoms with van der Waals surface area (Å²) in [6.07, 6.45) is 0.924. The third-order valence-electron chi connectivity index (χ3n) is 3.43. The molecule has 24 heavy (non-hydrogen) atoms. The standard InChI is InChI=1S/C18H18ClN3O2/c1-11-5-6-12-8-15(13-9-16(19)21-10-20-13)22(14(12)7-11)17(23)24-18(2,3)4/h5-10H,1-4H3. The lowest BCUT2D eigenvalue weighted by Gasteiger charge is -2.21. The van der Waals surface area contributed by atoms with Crippen LogP contribution in [0.1, 0.15) is 26.3 Å². The molecule has 0 saturated carbocycles. The van der Waals surface area contributed by atoms with E-state index in [1.54, 1.807) is 6.07 Å². The molecule has 0 saturated heterocycles. The molecule has 0 unspecified atom stereocenters. The maximum atomic E-state index is 12.8. The van der Waals surface area contributed by atoms with Gasteiger partial charge < -0.3 is 4.74 Å². The van der Waals surface area contributed by atoms with Gasteiger partial charge in [-0.2, -0.15) is 0 Å². The molecule has 0 atom stereocenters. The highest BCUT2D eigenvalue weighted by molar-refractivity contribution is 6.29. The lowest BCUT2D eigenvalue weighted by atomic mass is 10.2. The Hall–Kier alpha value is -2.40. The second-order valence-corrected chi connectivity index (χ2v) is 7.02. The second kappa shape index (κ2) is 5.91. The number of halogens is 1. The van der Waals surface area contributed by atoms with Gasteiger partial charge in [-0.15, -0.1) is 0 Å². The van der Waals surface area contributed by atoms with Gasteiger partial charge in [-0.25, -0.2) is 19.3 Å². The number of aromatic nitrogens is 3. The highest BCUT2D eigenvalue weighted by atomic mass is 35.5. The van der Waals surface area contributed by atoms with Crippen molar-refractivity contribution in [2.45, 2.75) is 33.3 Å². The van der Waals surface area contributed by atoms with Crippen LogP contribution in [0.25, 0.3) is 22.3 Å². The van der Waals surface area contributed by atoms with Gasteiger partial charge in [-0.05, 0) is 45.4 Å². The molecule has 3 aromatic rings. The summed E-state index contributed by atoms with van der Waals surface area (Å²) in [4.78, 5) is 20.9. The maximum absolute atomic E-state index is 12.8. The molecule has 0 amide bonds. The molecular weight excluding hydrogens is 326 g/mol. The molecule has 124 valence electrons. The van der Waals surface area contributed by atoms with Crippen LogP contribution in [-0.4, -0.2) is 26.2 Å². The Balaban J connectivity index is 2.25. The first-order chi connectivity index (χ1) is 11.2. The molecule has 0 aliphatic carbocycles. The summed E-state index contributed by atoms with van der Waals surface area (Å²) in [6.45, 7) is 7.49. The van der Waals surface area contributed by atoms with Gasteiger partial charge in [-0.3, -0.25) is 0 Å². The van der Waals surface area contributed by atoms with Crippen molar-refractivity contribution >= 4 is 28.6 Å². The predicted molar refractivity (Wildman–Crippen MR) is 94.3 cm³/mol. The van der Waals surface area contributed by atoms with E-state index in [0.29, 0.717) is 16.5 Å². The van der Waals surface area contributed by atoms with Crippen molar-refractivity contribution in [3.8, 4) is 11.4 Å². The molecular formula is C18H18ClN3O2. The molecule has 0 aliphatic heterocycles. The smallest absolute Gasteiger partial charge is 0.419 e. The van der Waals surface area contributed by atoms with Gasteiger partial charge in [0.25, 0.3) is 0 Å². The summed E-state index contributed by atoms with van der Waals surface area (Å²) in [7, 11) is 0. The lowest BCUT2D eigenvalue weighted by molar-refractivity contribution is 0.0547. The van der Waals surface area contributed by atoms with Crippen LogP contribution < -0.4 is 0 Å². The predicted octanol–water partition coefficient (Wildman–Crippen LogP) is 4.84. The number of carbonyl (C=O) groups excluding carboxylic acids is 1. The average molecular weight is 344 g/mol. The van der Waals surface area contributed by atoms with Crippen molar-refractivity contribution in [1.29, 1.82) is 0 Å². The highest BCUT2D eigenvalue weighted by Gasteiger charge is 2.23. The molecule has 0 fully saturated rings. The van der Waals surface area contributed by atoms with Crippen molar-refractivity contribution < 1.29 is 9.53 Å². The highest BCUT2D eigenvalue weighted by Crippen LogP contribution is 2.29. The lowest BCUT2D eigenvalue weighted by Crippen LogP contribution is -2.27. The van der Waals surface area contributed by atoms with E-state index in [-0.39, 0.29) is 0 Å². The summed E-state index contributed by atoms with van der Waals surface area (Å²) in [5.74, 6) is 0. The number of ether oxygens (including phenoxy) is 1. The minimum atomic E-state index is -0.599. The number of nitrogens with zero attached hydrogens (tertiary/aromatic N) is 3. The third kappa shape index (κ3) is 3.26. The van der Waals surface area contributed by atoms with Gasteiger partial charge in [0.2, 0.25) is 0 Å². The fraction of sp³-hybridized carbons (Fsp3) is 0.278. The van der Waals surface area contributed by atoms with E-state index in [1.807, 2.05) is 52.0 Å². The topological polar surface area (TPSA) is 57.0 Å². The van der Waals surface area contributed by atoms with Gasteiger partial charge in [-0.1, -0.05) is 23.7 Å². The van der Waals surface area contributed by atoms with E-state index >= 15 is 0 Å². The number of fused-ring (bicyclic) bond motifs is 1. The second-order valence-electron chi connectivity index (χ2n) is 6.63. The summed E-state index contributed by atoms with van der Waals surface area (Å²) in [6, 6.07) is 9.45. The molecule has 3 rings (SSSR count). The van der Waals surface area contributed by atoms with Crippen LogP contribution in [0.2, 0.25) is 5.15 Å². The quantitative estimate of drug-likeness (QED) is 0.593. The zero-order chi connectivity index (χ0) is 17.5. The minimum absolute atomic E-state index is 0.317. The van der Waals surface area contributed by atoms with E-state index in [4.69, 9.17) is 16.3 Å². The number of hydrogen-bond donors (Lipinski definition) is 0. The number of carbonyl (C=O) groups is 1. The summed E-state index contributed by atoms with van der Waals surface area (Å²) >= 11 is 5.98. The Morgan fingerprint density at radius 3 is 2.58 bits per heavy atom. The SMILES string of the molecule is Cc1ccc2cc(-c3cc(Cl)ncn3)n(C(=O)OC(C)(C)C)c2c1. The molecule has 0 N–H and O–H groups in total. The molecule has 0 spiro atoms. The van der Waals surface area contributed by atoms with Crippen molar-refractivity contribution in [3.05, 3.63) is 47.4 Å². The van der Waals surface area contributed by atoms with Crippen LogP contribution in [0, 0.1) is 6.92 Å². The van der Waals surface area contributed by atoms with Crippen LogP contribution in [0.5, 0.6) is 0 Å². The van der Waals surface area contributed by atoms with E-state index in [2.05, 4.69) is 9.97 Å². The number of aryl methyl sites for hydroxylation is 1. The Labute approximate surface area is 145 Å². The normalized spacial score (nSPS) is 11.7. The van der Waals surface area contributed by atoms with Crippen molar-refractivity contribution in [1.82, 2.24) is 14.5 Å². The molecule has 2 heterocycles. The van der Waals surface area contributed by atoms with E-state index in [0.717, 1.165) is 16.5 Å². The number of benzene rings is 1. The first kappa shape index (κ1) is 16.5. The summed E-state index contributed by atoms with van der Waals surface area (Å²) in [5.41, 5.74) is 2.41. The largest absolute Gasteiger partial charge is 0.443 e. The Morgan fingerprint density at radius 1 is 1.17 bits per heavy atom. The third-order valence-corrected chi connectivity index (χ3v) is 3.64. The number of rotatable bonds is 1. The zero-order valence-electron chi connectivity index (χ0n) is 14.0. The van der Waals surface area contributed by atoms with Gasteiger partial charge in [0.1, 0.15) is 17.1 Å². The fourth-order valence-corrected chi connectivity index (χ4v) is 2.62. The van der Waals surface area contributed by atoms with Crippen LogP contribution in [0.4, 0.5) is 4.79 Å². The first-order valence-electron chi connectivity index (χ1n) is 7.58. The fourth-order valence-electron chi connectivity index (χ4n) is 2.48. The van der Waals surface area contributed by atoms with Gasteiger partial charge in [0.05, 0.1) is 16.9 Å². The maximum Gasteiger partial charge on any atom is 0.419 e. The molecule has 6 heteroatoms. The zero-order valence-corrected chi connectivity index (χ0v) is 14.8. The monoisotopic (exact) mass is 343 g/mol. The summed E-state index contributed by atoms with van der Waals surface area (Å²) in [5, 5.41) is 1.24. The molecule has 0 aliphatic rings. The molecule has 2 aromatic heterocycles. The van der Waals surface area contributed by atoms with Crippen LogP contribution in [0.15, 0.2) is 36.7 Å².